The lowest BCUT2D eigenvalue weighted by atomic mass is 9.80. The molecule has 5 nitrogen and oxygen atoms in total. The van der Waals surface area contributed by atoms with E-state index < -0.39 is 0 Å². The molecule has 1 atom stereocenters. The van der Waals surface area contributed by atoms with Gasteiger partial charge in [-0.15, -0.1) is 0 Å². The van der Waals surface area contributed by atoms with Gasteiger partial charge < -0.3 is 10.5 Å². The number of hydrogen-bond acceptors (Lipinski definition) is 5. The minimum atomic E-state index is 0.0861. The first-order chi connectivity index (χ1) is 13.1. The van der Waals surface area contributed by atoms with Gasteiger partial charge in [-0.3, -0.25) is 4.79 Å². The van der Waals surface area contributed by atoms with Gasteiger partial charge in [-0.1, -0.05) is 42.5 Å². The molecule has 0 bridgehead atoms. The fraction of sp³-hybridized carbons (Fsp3) is 0.227. The zero-order valence-electron chi connectivity index (χ0n) is 15.2. The largest absolute Gasteiger partial charge is 0.497 e. The lowest BCUT2D eigenvalue weighted by Gasteiger charge is -2.25. The van der Waals surface area contributed by atoms with Crippen molar-refractivity contribution in [3.63, 3.8) is 0 Å². The molecule has 27 heavy (non-hydrogen) atoms. The number of Topliss-reactive ketones (excluding diaryl/α,β-unsaturated/α-hetero) is 1. The van der Waals surface area contributed by atoms with Crippen LogP contribution in [0.4, 0.5) is 5.95 Å². The van der Waals surface area contributed by atoms with Gasteiger partial charge in [0.15, 0.2) is 5.78 Å². The molecule has 0 radical (unpaired) electrons. The second-order valence-corrected chi connectivity index (χ2v) is 6.82. The van der Waals surface area contributed by atoms with E-state index in [2.05, 4.69) is 22.1 Å². The lowest BCUT2D eigenvalue weighted by Crippen LogP contribution is -2.24. The number of ether oxygens (including phenoxy) is 1. The molecule has 0 fully saturated rings. The number of aromatic nitrogens is 2. The summed E-state index contributed by atoms with van der Waals surface area (Å²) in [4.78, 5) is 21.8. The van der Waals surface area contributed by atoms with E-state index in [0.29, 0.717) is 30.5 Å². The molecule has 0 amide bonds. The van der Waals surface area contributed by atoms with Crippen LogP contribution >= 0.6 is 0 Å². The number of nitrogens with two attached hydrogens (primary N) is 1. The lowest BCUT2D eigenvalue weighted by molar-refractivity contribution is 0.0961. The van der Waals surface area contributed by atoms with Crippen molar-refractivity contribution in [2.45, 2.75) is 25.2 Å². The molecule has 136 valence electrons. The van der Waals surface area contributed by atoms with Crippen LogP contribution in [0.1, 0.15) is 45.2 Å². The average molecular weight is 359 g/mol. The highest BCUT2D eigenvalue weighted by molar-refractivity contribution is 6.00. The van der Waals surface area contributed by atoms with Crippen LogP contribution in [0.15, 0.2) is 54.6 Å². The molecule has 1 heterocycles. The maximum absolute atomic E-state index is 13.0. The molecule has 4 rings (SSSR count). The Bertz CT molecular complexity index is 986. The van der Waals surface area contributed by atoms with Crippen molar-refractivity contribution in [3.8, 4) is 5.75 Å². The number of carbonyl (C=O) groups is 1. The van der Waals surface area contributed by atoms with E-state index in [-0.39, 0.29) is 17.6 Å². The summed E-state index contributed by atoms with van der Waals surface area (Å²) in [5.41, 5.74) is 10.2. The van der Waals surface area contributed by atoms with Gasteiger partial charge in [0.05, 0.1) is 24.1 Å². The van der Waals surface area contributed by atoms with Gasteiger partial charge in [-0.2, -0.15) is 0 Å². The third kappa shape index (κ3) is 3.53. The van der Waals surface area contributed by atoms with Crippen molar-refractivity contribution < 1.29 is 9.53 Å². The fourth-order valence-corrected chi connectivity index (χ4v) is 3.75. The van der Waals surface area contributed by atoms with Crippen LogP contribution in [0, 0.1) is 0 Å². The molecule has 2 aromatic carbocycles. The Morgan fingerprint density at radius 1 is 1.07 bits per heavy atom. The zero-order chi connectivity index (χ0) is 18.8. The zero-order valence-corrected chi connectivity index (χ0v) is 15.2. The van der Waals surface area contributed by atoms with Gasteiger partial charge >= 0.3 is 0 Å². The van der Waals surface area contributed by atoms with E-state index in [1.165, 1.54) is 0 Å². The number of anilines is 1. The molecule has 0 saturated heterocycles. The maximum Gasteiger partial charge on any atom is 0.220 e. The minimum Gasteiger partial charge on any atom is -0.497 e. The Balaban J connectivity index is 1.70. The van der Waals surface area contributed by atoms with Crippen molar-refractivity contribution in [1.29, 1.82) is 0 Å². The van der Waals surface area contributed by atoms with Gasteiger partial charge in [0, 0.05) is 12.8 Å². The number of nitrogen functional groups attached to an aromatic ring is 1. The Hall–Kier alpha value is -3.21. The predicted molar refractivity (Wildman–Crippen MR) is 104 cm³/mol. The van der Waals surface area contributed by atoms with E-state index in [1.54, 1.807) is 7.11 Å². The van der Waals surface area contributed by atoms with Crippen LogP contribution in [-0.2, 0) is 12.8 Å². The highest BCUT2D eigenvalue weighted by Gasteiger charge is 2.30. The first-order valence-electron chi connectivity index (χ1n) is 9.00. The molecule has 3 aromatic rings. The third-order valence-corrected chi connectivity index (χ3v) is 5.00. The third-order valence-electron chi connectivity index (χ3n) is 5.00. The average Bonchev–Trinajstić information content (AvgIpc) is 2.68. The van der Waals surface area contributed by atoms with Crippen molar-refractivity contribution in [2.24, 2.45) is 0 Å². The summed E-state index contributed by atoms with van der Waals surface area (Å²) in [7, 11) is 1.64. The first-order valence-corrected chi connectivity index (χ1v) is 9.00. The van der Waals surface area contributed by atoms with E-state index in [4.69, 9.17) is 10.5 Å². The summed E-state index contributed by atoms with van der Waals surface area (Å²) in [5.74, 6) is 1.21. The van der Waals surface area contributed by atoms with Crippen molar-refractivity contribution in [3.05, 3.63) is 82.7 Å². The van der Waals surface area contributed by atoms with Crippen LogP contribution in [-0.4, -0.2) is 22.9 Å². The highest BCUT2D eigenvalue weighted by Crippen LogP contribution is 2.34. The Morgan fingerprint density at radius 2 is 1.89 bits per heavy atom. The number of carbonyl (C=O) groups excluding carboxylic acids is 1. The van der Waals surface area contributed by atoms with Gasteiger partial charge in [-0.25, -0.2) is 9.97 Å². The second-order valence-electron chi connectivity index (χ2n) is 6.82. The molecule has 0 spiro atoms. The molecule has 1 unspecified atom stereocenters. The Kier molecular flexibility index (Phi) is 4.59. The van der Waals surface area contributed by atoms with Crippen molar-refractivity contribution in [2.75, 3.05) is 12.8 Å². The number of rotatable bonds is 4. The fourth-order valence-electron chi connectivity index (χ4n) is 3.75. The quantitative estimate of drug-likeness (QED) is 0.770. The van der Waals surface area contributed by atoms with Crippen LogP contribution < -0.4 is 10.5 Å². The van der Waals surface area contributed by atoms with E-state index in [9.17, 15) is 4.79 Å². The maximum atomic E-state index is 13.0. The van der Waals surface area contributed by atoms with Gasteiger partial charge in [0.25, 0.3) is 0 Å². The van der Waals surface area contributed by atoms with Gasteiger partial charge in [0.2, 0.25) is 5.95 Å². The van der Waals surface area contributed by atoms with Crippen molar-refractivity contribution in [1.82, 2.24) is 9.97 Å². The Morgan fingerprint density at radius 3 is 2.67 bits per heavy atom. The number of hydrogen-bond donors (Lipinski definition) is 1. The summed E-state index contributed by atoms with van der Waals surface area (Å²) in [6.07, 6.45) is 1.69. The predicted octanol–water partition coefficient (Wildman–Crippen LogP) is 3.57. The molecule has 1 aliphatic rings. The van der Waals surface area contributed by atoms with E-state index in [1.807, 2.05) is 42.5 Å². The topological polar surface area (TPSA) is 78.1 Å². The normalized spacial score (nSPS) is 16.0. The molecule has 1 aromatic heterocycles. The monoisotopic (exact) mass is 359 g/mol. The van der Waals surface area contributed by atoms with Crippen LogP contribution in [0.5, 0.6) is 5.75 Å². The van der Waals surface area contributed by atoms with E-state index in [0.717, 1.165) is 22.6 Å². The highest BCUT2D eigenvalue weighted by atomic mass is 16.5. The van der Waals surface area contributed by atoms with Gasteiger partial charge in [-0.05, 0) is 35.6 Å². The van der Waals surface area contributed by atoms with Gasteiger partial charge in [0.1, 0.15) is 5.75 Å². The minimum absolute atomic E-state index is 0.0861. The summed E-state index contributed by atoms with van der Waals surface area (Å²) in [6.45, 7) is 0. The molecule has 1 aliphatic carbocycles. The van der Waals surface area contributed by atoms with Crippen molar-refractivity contribution >= 4 is 11.7 Å². The SMILES string of the molecule is COc1cccc(Cc2nc(N)nc3c2C(=O)CC(c2ccccc2)C3)c1. The number of methoxy groups -OCH3 is 1. The molecular formula is C22H21N3O2. The van der Waals surface area contributed by atoms with Crippen LogP contribution in [0.2, 0.25) is 0 Å². The number of nitrogens with zero attached hydrogens (tertiary/aromatic N) is 2. The summed E-state index contributed by atoms with van der Waals surface area (Å²) in [6, 6.07) is 17.9. The molecule has 5 heteroatoms. The number of benzene rings is 2. The summed E-state index contributed by atoms with van der Waals surface area (Å²) < 4.78 is 5.29. The van der Waals surface area contributed by atoms with Crippen LogP contribution in [0.25, 0.3) is 0 Å². The Labute approximate surface area is 158 Å². The van der Waals surface area contributed by atoms with Crippen LogP contribution in [0.3, 0.4) is 0 Å². The smallest absolute Gasteiger partial charge is 0.220 e. The molecule has 0 saturated carbocycles. The summed E-state index contributed by atoms with van der Waals surface area (Å²) >= 11 is 0. The number of ketones is 1. The molecule has 0 aliphatic heterocycles. The van der Waals surface area contributed by atoms with E-state index >= 15 is 0 Å². The number of fused-ring (bicyclic) bond motifs is 1. The second kappa shape index (κ2) is 7.19. The first kappa shape index (κ1) is 17.2. The molecular weight excluding hydrogens is 338 g/mol. The summed E-state index contributed by atoms with van der Waals surface area (Å²) in [5, 5.41) is 0. The molecule has 2 N–H and O–H groups in total. The standard InChI is InChI=1S/C22H21N3O2/c1-27-17-9-5-6-14(10-17)11-18-21-19(25-22(23)24-18)12-16(13-20(21)26)15-7-3-2-4-8-15/h2-10,16H,11-13H2,1H3,(H2,23,24,25).